The van der Waals surface area contributed by atoms with Gasteiger partial charge < -0.3 is 14.9 Å². The molecule has 4 nitrogen and oxygen atoms in total. The van der Waals surface area contributed by atoms with Gasteiger partial charge in [0, 0.05) is 24.2 Å². The van der Waals surface area contributed by atoms with E-state index in [1.807, 2.05) is 0 Å². The van der Waals surface area contributed by atoms with Crippen molar-refractivity contribution >= 4 is 5.97 Å². The summed E-state index contributed by atoms with van der Waals surface area (Å²) in [4.78, 5) is 12.2. The van der Waals surface area contributed by atoms with Crippen LogP contribution in [0.25, 0.3) is 0 Å². The highest BCUT2D eigenvalue weighted by atomic mass is 16.6. The minimum atomic E-state index is -0.663. The van der Waals surface area contributed by atoms with Crippen LogP contribution in [-0.4, -0.2) is 33.5 Å². The van der Waals surface area contributed by atoms with Crippen molar-refractivity contribution in [2.75, 3.05) is 0 Å². The van der Waals surface area contributed by atoms with E-state index in [1.54, 1.807) is 0 Å². The van der Waals surface area contributed by atoms with Crippen molar-refractivity contribution < 1.29 is 19.7 Å². The number of aliphatic hydroxyl groups excluding tert-OH is 1. The second kappa shape index (κ2) is 4.66. The van der Waals surface area contributed by atoms with Gasteiger partial charge in [0.25, 0.3) is 0 Å². The zero-order valence-electron chi connectivity index (χ0n) is 17.2. The third kappa shape index (κ3) is 1.59. The SMILES string of the molecule is C[C@]12CCC3C(C4CC4C4(O)CC(O)CC[C@]34C)C1C1CC1[C@@]21CCC(=O)O1. The Morgan fingerprint density at radius 3 is 2.46 bits per heavy atom. The van der Waals surface area contributed by atoms with Crippen LogP contribution in [0.3, 0.4) is 0 Å². The van der Waals surface area contributed by atoms with Crippen LogP contribution in [-0.2, 0) is 9.53 Å². The van der Waals surface area contributed by atoms with Crippen LogP contribution in [0, 0.1) is 52.3 Å². The van der Waals surface area contributed by atoms with E-state index in [9.17, 15) is 15.0 Å². The van der Waals surface area contributed by atoms with E-state index < -0.39 is 5.60 Å². The molecule has 6 aliphatic carbocycles. The fraction of sp³-hybridized carbons (Fsp3) is 0.958. The van der Waals surface area contributed by atoms with E-state index in [2.05, 4.69) is 13.8 Å². The number of ether oxygens (including phenoxy) is 1. The molecule has 0 aromatic heterocycles. The standard InChI is InChI=1S/C24H34O4/c1-21-6-3-12(25)11-23(21,27)16-9-13(16)19-15(21)4-7-22(2)20(19)14-10-17(14)24(22)8-5-18(26)28-24/h12-17,19-20,25,27H,3-11H2,1-2H3/t12?,13?,14?,15?,16?,17?,19?,20?,21-,22+,23?,24+/m1/s1. The van der Waals surface area contributed by atoms with Gasteiger partial charge in [0.2, 0.25) is 0 Å². The predicted molar refractivity (Wildman–Crippen MR) is 102 cm³/mol. The quantitative estimate of drug-likeness (QED) is 0.627. The van der Waals surface area contributed by atoms with Gasteiger partial charge in [-0.05, 0) is 85.9 Å². The third-order valence-corrected chi connectivity index (χ3v) is 11.8. The molecule has 0 aromatic carbocycles. The Labute approximate surface area is 167 Å². The fourth-order valence-corrected chi connectivity index (χ4v) is 10.5. The number of aliphatic hydroxyl groups is 2. The highest BCUT2D eigenvalue weighted by Gasteiger charge is 2.82. The molecule has 0 amide bonds. The van der Waals surface area contributed by atoms with Gasteiger partial charge in [-0.15, -0.1) is 0 Å². The maximum Gasteiger partial charge on any atom is 0.306 e. The fourth-order valence-electron chi connectivity index (χ4n) is 10.5. The first kappa shape index (κ1) is 17.1. The summed E-state index contributed by atoms with van der Waals surface area (Å²) in [6.45, 7) is 4.82. The van der Waals surface area contributed by atoms with Gasteiger partial charge in [0.05, 0.1) is 11.7 Å². The molecule has 9 unspecified atom stereocenters. The Bertz CT molecular complexity index is 781. The molecule has 7 fully saturated rings. The second-order valence-electron chi connectivity index (χ2n) is 12.3. The minimum Gasteiger partial charge on any atom is -0.458 e. The molecule has 28 heavy (non-hydrogen) atoms. The van der Waals surface area contributed by atoms with Gasteiger partial charge in [-0.25, -0.2) is 0 Å². The third-order valence-electron chi connectivity index (χ3n) is 11.8. The summed E-state index contributed by atoms with van der Waals surface area (Å²) in [6, 6.07) is 0. The van der Waals surface area contributed by atoms with Crippen LogP contribution in [0.15, 0.2) is 0 Å². The van der Waals surface area contributed by atoms with Gasteiger partial charge in [0.1, 0.15) is 5.60 Å². The van der Waals surface area contributed by atoms with Crippen molar-refractivity contribution in [1.82, 2.24) is 0 Å². The van der Waals surface area contributed by atoms with Crippen LogP contribution in [0.5, 0.6) is 0 Å². The molecule has 0 aromatic rings. The summed E-state index contributed by atoms with van der Waals surface area (Å²) in [5, 5.41) is 22.2. The van der Waals surface area contributed by atoms with E-state index in [-0.39, 0.29) is 28.5 Å². The first-order valence-electron chi connectivity index (χ1n) is 11.9. The highest BCUT2D eigenvalue weighted by Crippen LogP contribution is 2.83. The number of rotatable bonds is 0. The van der Waals surface area contributed by atoms with Crippen molar-refractivity contribution in [3.63, 3.8) is 0 Å². The molecule has 1 aliphatic heterocycles. The van der Waals surface area contributed by atoms with Crippen molar-refractivity contribution in [3.8, 4) is 0 Å². The molecule has 7 rings (SSSR count). The Morgan fingerprint density at radius 2 is 1.71 bits per heavy atom. The molecular weight excluding hydrogens is 352 g/mol. The molecule has 1 saturated heterocycles. The maximum atomic E-state index is 12.2. The lowest BCUT2D eigenvalue weighted by Gasteiger charge is -2.64. The average molecular weight is 387 g/mol. The summed E-state index contributed by atoms with van der Waals surface area (Å²) < 4.78 is 6.21. The number of hydrogen-bond acceptors (Lipinski definition) is 4. The summed E-state index contributed by atoms with van der Waals surface area (Å²) in [5.74, 6) is 4.33. The summed E-state index contributed by atoms with van der Waals surface area (Å²) in [7, 11) is 0. The monoisotopic (exact) mass is 386 g/mol. The summed E-state index contributed by atoms with van der Waals surface area (Å²) in [6.07, 6.45) is 8.33. The largest absolute Gasteiger partial charge is 0.458 e. The Kier molecular flexibility index (Phi) is 2.85. The lowest BCUT2D eigenvalue weighted by molar-refractivity contribution is -0.237. The maximum absolute atomic E-state index is 12.2. The van der Waals surface area contributed by atoms with Crippen LogP contribution in [0.2, 0.25) is 0 Å². The van der Waals surface area contributed by atoms with Gasteiger partial charge in [0.15, 0.2) is 0 Å². The van der Waals surface area contributed by atoms with Gasteiger partial charge in [-0.3, -0.25) is 4.79 Å². The average Bonchev–Trinajstić information content (AvgIpc) is 3.54. The van der Waals surface area contributed by atoms with E-state index in [4.69, 9.17) is 4.74 Å². The first-order chi connectivity index (χ1) is 13.3. The topological polar surface area (TPSA) is 66.8 Å². The van der Waals surface area contributed by atoms with Crippen LogP contribution in [0.4, 0.5) is 0 Å². The Balaban J connectivity index is 1.32. The van der Waals surface area contributed by atoms with Crippen LogP contribution < -0.4 is 0 Å². The smallest absolute Gasteiger partial charge is 0.306 e. The molecule has 2 N–H and O–H groups in total. The molecule has 0 radical (unpaired) electrons. The molecule has 12 atom stereocenters. The summed E-state index contributed by atoms with van der Waals surface area (Å²) >= 11 is 0. The Hall–Kier alpha value is -0.610. The van der Waals surface area contributed by atoms with Gasteiger partial charge in [-0.1, -0.05) is 13.8 Å². The Morgan fingerprint density at radius 1 is 0.964 bits per heavy atom. The normalized spacial score (nSPS) is 68.4. The van der Waals surface area contributed by atoms with E-state index in [1.165, 1.54) is 6.42 Å². The zero-order chi connectivity index (χ0) is 19.3. The van der Waals surface area contributed by atoms with Crippen LogP contribution in [0.1, 0.15) is 71.6 Å². The van der Waals surface area contributed by atoms with E-state index >= 15 is 0 Å². The van der Waals surface area contributed by atoms with Crippen LogP contribution >= 0.6 is 0 Å². The van der Waals surface area contributed by atoms with Crippen molar-refractivity contribution in [2.24, 2.45) is 52.3 Å². The molecule has 154 valence electrons. The van der Waals surface area contributed by atoms with Crippen molar-refractivity contribution in [1.29, 1.82) is 0 Å². The van der Waals surface area contributed by atoms with E-state index in [0.29, 0.717) is 48.3 Å². The number of hydrogen-bond donors (Lipinski definition) is 2. The number of fused-ring (bicyclic) bond motifs is 12. The lowest BCUT2D eigenvalue weighted by atomic mass is 9.42. The van der Waals surface area contributed by atoms with E-state index in [0.717, 1.165) is 44.4 Å². The van der Waals surface area contributed by atoms with Gasteiger partial charge >= 0.3 is 5.97 Å². The molecule has 0 bridgehead atoms. The van der Waals surface area contributed by atoms with Gasteiger partial charge in [-0.2, -0.15) is 0 Å². The highest BCUT2D eigenvalue weighted by molar-refractivity contribution is 5.73. The molecule has 6 saturated carbocycles. The molecule has 1 heterocycles. The number of carbonyl (C=O) groups excluding carboxylic acids is 1. The zero-order valence-corrected chi connectivity index (χ0v) is 17.2. The van der Waals surface area contributed by atoms with Crippen molar-refractivity contribution in [2.45, 2.75) is 88.9 Å². The number of esters is 1. The molecular formula is C24H34O4. The molecule has 1 spiro atoms. The first-order valence-corrected chi connectivity index (χ1v) is 11.9. The predicted octanol–water partition coefficient (Wildman–Crippen LogP) is 3.29. The molecule has 4 heteroatoms. The lowest BCUT2D eigenvalue weighted by Crippen LogP contribution is -2.65. The summed E-state index contributed by atoms with van der Waals surface area (Å²) in [5.41, 5.74) is -0.751. The minimum absolute atomic E-state index is 0.0326. The molecule has 7 aliphatic rings. The second-order valence-corrected chi connectivity index (χ2v) is 12.3. The number of carbonyl (C=O) groups is 1. The van der Waals surface area contributed by atoms with Crippen molar-refractivity contribution in [3.05, 3.63) is 0 Å².